The maximum absolute atomic E-state index is 12.5. The Morgan fingerprint density at radius 3 is 2.64 bits per heavy atom. The molecule has 0 spiro atoms. The Balaban J connectivity index is 3.23. The molecule has 1 N–H and O–H groups in total. The minimum atomic E-state index is -0.951. The van der Waals surface area contributed by atoms with E-state index in [0.29, 0.717) is 0 Å². The molecule has 0 amide bonds. The van der Waals surface area contributed by atoms with Gasteiger partial charge in [0.05, 0.1) is 11.0 Å². The van der Waals surface area contributed by atoms with Crippen LogP contribution in [0.25, 0.3) is 0 Å². The van der Waals surface area contributed by atoms with Gasteiger partial charge in [0.25, 0.3) is 0 Å². The second-order valence-electron chi connectivity index (χ2n) is 1.89. The van der Waals surface area contributed by atoms with Crippen molar-refractivity contribution in [3.05, 3.63) is 34.1 Å². The lowest BCUT2D eigenvalue weighted by Crippen LogP contribution is -1.90. The second-order valence-corrected chi connectivity index (χ2v) is 1.89. The zero-order valence-electron chi connectivity index (χ0n) is 5.32. The van der Waals surface area contributed by atoms with Gasteiger partial charge in [-0.15, -0.1) is 0 Å². The summed E-state index contributed by atoms with van der Waals surface area (Å²) in [5.74, 6) is -1.27. The van der Waals surface area contributed by atoms with Crippen LogP contribution in [0.15, 0.2) is 18.2 Å². The summed E-state index contributed by atoms with van der Waals surface area (Å²) in [7, 11) is 0. The molecule has 1 rings (SSSR count). The van der Waals surface area contributed by atoms with Crippen molar-refractivity contribution in [1.29, 1.82) is 0 Å². The monoisotopic (exact) mass is 156 g/mol. The molecular formula is C6H4FNO3. The highest BCUT2D eigenvalue weighted by molar-refractivity contribution is 5.38. The van der Waals surface area contributed by atoms with E-state index in [1.807, 2.05) is 0 Å². The molecule has 4 nitrogen and oxygen atoms in total. The number of benzene rings is 1. The summed E-state index contributed by atoms with van der Waals surface area (Å²) >= 11 is 0. The zero-order valence-corrected chi connectivity index (χ0v) is 5.32. The van der Waals surface area contributed by atoms with E-state index in [9.17, 15) is 14.5 Å². The molecule has 0 saturated carbocycles. The van der Waals surface area contributed by atoms with E-state index in [1.165, 1.54) is 0 Å². The van der Waals surface area contributed by atoms with Crippen molar-refractivity contribution in [2.45, 2.75) is 0 Å². The number of rotatable bonds is 1. The summed E-state index contributed by atoms with van der Waals surface area (Å²) < 4.78 is 12.5. The Bertz CT molecular complexity index is 300. The second kappa shape index (κ2) is 2.53. The SMILES string of the molecule is O=[N+]([O-])c1cc(O)ccc1[18F]. The third-order valence-corrected chi connectivity index (χ3v) is 1.13. The first-order chi connectivity index (χ1) is 5.11. The van der Waals surface area contributed by atoms with Gasteiger partial charge in [0.15, 0.2) is 0 Å². The Kier molecular flexibility index (Phi) is 1.72. The predicted octanol–water partition coefficient (Wildman–Crippen LogP) is 1.44. The van der Waals surface area contributed by atoms with E-state index < -0.39 is 16.4 Å². The first-order valence-electron chi connectivity index (χ1n) is 2.74. The van der Waals surface area contributed by atoms with Gasteiger partial charge >= 0.3 is 5.69 Å². The van der Waals surface area contributed by atoms with Crippen LogP contribution < -0.4 is 0 Å². The molecule has 1 aromatic carbocycles. The Morgan fingerprint density at radius 2 is 2.18 bits per heavy atom. The molecule has 0 unspecified atom stereocenters. The fourth-order valence-electron chi connectivity index (χ4n) is 0.641. The van der Waals surface area contributed by atoms with Gasteiger partial charge in [-0.25, -0.2) is 0 Å². The molecule has 0 aliphatic carbocycles. The number of nitro benzene ring substituents is 1. The lowest BCUT2D eigenvalue weighted by Gasteiger charge is -1.93. The minimum absolute atomic E-state index is 0.321. The maximum Gasteiger partial charge on any atom is 0.308 e. The van der Waals surface area contributed by atoms with E-state index in [-0.39, 0.29) is 5.75 Å². The summed E-state index contributed by atoms with van der Waals surface area (Å²) in [5, 5.41) is 18.7. The van der Waals surface area contributed by atoms with Crippen LogP contribution in [-0.2, 0) is 0 Å². The number of hydrogen-bond acceptors (Lipinski definition) is 3. The van der Waals surface area contributed by atoms with Gasteiger partial charge in [0.1, 0.15) is 5.75 Å². The topological polar surface area (TPSA) is 63.4 Å². The number of hydrogen-bond donors (Lipinski definition) is 1. The Morgan fingerprint density at radius 1 is 1.55 bits per heavy atom. The van der Waals surface area contributed by atoms with Gasteiger partial charge in [0, 0.05) is 0 Å². The molecule has 5 heteroatoms. The third-order valence-electron chi connectivity index (χ3n) is 1.13. The van der Waals surface area contributed by atoms with E-state index in [1.54, 1.807) is 0 Å². The van der Waals surface area contributed by atoms with Gasteiger partial charge in [-0.3, -0.25) is 10.1 Å². The molecule has 58 valence electrons. The van der Waals surface area contributed by atoms with E-state index >= 15 is 0 Å². The van der Waals surface area contributed by atoms with Gasteiger partial charge < -0.3 is 5.11 Å². The van der Waals surface area contributed by atoms with Crippen LogP contribution in [0.1, 0.15) is 0 Å². The van der Waals surface area contributed by atoms with Crippen molar-refractivity contribution in [1.82, 2.24) is 0 Å². The first kappa shape index (κ1) is 7.46. The van der Waals surface area contributed by atoms with Crippen molar-refractivity contribution in [3.63, 3.8) is 0 Å². The van der Waals surface area contributed by atoms with Crippen molar-refractivity contribution in [2.75, 3.05) is 0 Å². The summed E-state index contributed by atoms with van der Waals surface area (Å²) in [6.07, 6.45) is 0. The average Bonchev–Trinajstić information content (AvgIpc) is 1.94. The van der Waals surface area contributed by atoms with Crippen LogP contribution in [0.4, 0.5) is 10.1 Å². The normalized spacial score (nSPS) is 9.55. The number of nitro groups is 1. The third kappa shape index (κ3) is 1.43. The lowest BCUT2D eigenvalue weighted by molar-refractivity contribution is -0.387. The van der Waals surface area contributed by atoms with Crippen LogP contribution >= 0.6 is 0 Å². The Hall–Kier alpha value is -1.65. The number of nitrogens with zero attached hydrogens (tertiary/aromatic N) is 1. The summed E-state index contributed by atoms with van der Waals surface area (Å²) in [5.41, 5.74) is -0.718. The molecule has 11 heavy (non-hydrogen) atoms. The predicted molar refractivity (Wildman–Crippen MR) is 34.7 cm³/mol. The highest BCUT2D eigenvalue weighted by Crippen LogP contribution is 2.21. The van der Waals surface area contributed by atoms with Crippen molar-refractivity contribution in [2.24, 2.45) is 0 Å². The van der Waals surface area contributed by atoms with Crippen LogP contribution in [0.2, 0.25) is 0 Å². The molecule has 0 aliphatic heterocycles. The van der Waals surface area contributed by atoms with E-state index in [2.05, 4.69) is 0 Å². The quantitative estimate of drug-likeness (QED) is 0.494. The van der Waals surface area contributed by atoms with E-state index in [0.717, 1.165) is 18.2 Å². The van der Waals surface area contributed by atoms with Crippen LogP contribution in [0.3, 0.4) is 0 Å². The largest absolute Gasteiger partial charge is 0.508 e. The number of halogens is 1. The van der Waals surface area contributed by atoms with Crippen molar-refractivity contribution in [3.8, 4) is 5.75 Å². The average molecular weight is 156 g/mol. The Labute approximate surface area is 61.0 Å². The summed E-state index contributed by atoms with van der Waals surface area (Å²) in [6, 6.07) is 2.64. The molecule has 0 aliphatic rings. The number of phenolic OH excluding ortho intramolecular Hbond substituents is 1. The molecule has 0 heterocycles. The fraction of sp³-hybridized carbons (Fsp3) is 0. The van der Waals surface area contributed by atoms with Crippen LogP contribution in [0.5, 0.6) is 5.75 Å². The molecular weight excluding hydrogens is 152 g/mol. The van der Waals surface area contributed by atoms with Crippen molar-refractivity contribution >= 4 is 5.69 Å². The van der Waals surface area contributed by atoms with Gasteiger partial charge in [0.2, 0.25) is 5.82 Å². The maximum atomic E-state index is 12.5. The number of aromatic hydroxyl groups is 1. The molecule has 0 fully saturated rings. The molecule has 1 aromatic rings. The van der Waals surface area contributed by atoms with E-state index in [4.69, 9.17) is 5.11 Å². The molecule has 0 bridgehead atoms. The smallest absolute Gasteiger partial charge is 0.308 e. The lowest BCUT2D eigenvalue weighted by atomic mass is 10.3. The zero-order chi connectivity index (χ0) is 8.43. The summed E-state index contributed by atoms with van der Waals surface area (Å²) in [6.45, 7) is 0. The number of phenols is 1. The molecule has 0 saturated heterocycles. The van der Waals surface area contributed by atoms with Crippen molar-refractivity contribution < 1.29 is 14.4 Å². The highest BCUT2D eigenvalue weighted by Gasteiger charge is 2.13. The molecule has 0 radical (unpaired) electrons. The fourth-order valence-corrected chi connectivity index (χ4v) is 0.641. The summed E-state index contributed by atoms with van der Waals surface area (Å²) in [4.78, 5) is 9.13. The van der Waals surface area contributed by atoms with Gasteiger partial charge in [-0.1, -0.05) is 0 Å². The van der Waals surface area contributed by atoms with Gasteiger partial charge in [-0.2, -0.15) is 4.39 Å². The van der Waals surface area contributed by atoms with Crippen LogP contribution in [0, 0.1) is 15.9 Å². The first-order valence-corrected chi connectivity index (χ1v) is 2.74. The standard InChI is InChI=1S/C6H4FNO3/c7-5-2-1-4(9)3-6(5)8(10)11/h1-3,9H/i7-1. The highest BCUT2D eigenvalue weighted by atomic mass is 18.2. The molecule has 0 aromatic heterocycles. The van der Waals surface area contributed by atoms with Crippen LogP contribution in [-0.4, -0.2) is 10.0 Å². The minimum Gasteiger partial charge on any atom is -0.508 e. The van der Waals surface area contributed by atoms with Gasteiger partial charge in [-0.05, 0) is 12.1 Å². The molecule has 0 atom stereocenters.